The average molecular weight is 158 g/mol. The Labute approximate surface area is 68.6 Å². The third kappa shape index (κ3) is 3.98. The molecule has 0 aliphatic rings. The van der Waals surface area contributed by atoms with Gasteiger partial charge in [0, 0.05) is 0 Å². The summed E-state index contributed by atoms with van der Waals surface area (Å²) in [5.74, 6) is 0.276. The Hall–Kier alpha value is -0.570. The molecule has 3 heteroatoms. The lowest BCUT2D eigenvalue weighted by atomic mass is 10.0. The predicted octanol–water partition coefficient (Wildman–Crippen LogP) is 0.448. The summed E-state index contributed by atoms with van der Waals surface area (Å²) in [6.45, 7) is 4.17. The summed E-state index contributed by atoms with van der Waals surface area (Å²) in [5.41, 5.74) is 5.21. The number of carbonyl (C=O) groups excluding carboxylic acids is 1. The quantitative estimate of drug-likeness (QED) is 0.645. The van der Waals surface area contributed by atoms with Crippen LogP contribution in [0.4, 0.5) is 0 Å². The van der Waals surface area contributed by atoms with E-state index in [1.807, 2.05) is 19.0 Å². The minimum Gasteiger partial charge on any atom is -0.368 e. The second-order valence-electron chi connectivity index (χ2n) is 3.51. The summed E-state index contributed by atoms with van der Waals surface area (Å²) in [6.07, 6.45) is 0.836. The van der Waals surface area contributed by atoms with Gasteiger partial charge in [0.1, 0.15) is 0 Å². The van der Waals surface area contributed by atoms with Gasteiger partial charge in [-0.15, -0.1) is 0 Å². The normalized spacial score (nSPS) is 14.0. The van der Waals surface area contributed by atoms with Gasteiger partial charge in [0.25, 0.3) is 0 Å². The average Bonchev–Trinajstić information content (AvgIpc) is 1.81. The second-order valence-corrected chi connectivity index (χ2v) is 3.51. The molecule has 0 heterocycles. The summed E-state index contributed by atoms with van der Waals surface area (Å²) in [7, 11) is 3.75. The van der Waals surface area contributed by atoms with E-state index in [4.69, 9.17) is 5.73 Å². The van der Waals surface area contributed by atoms with Gasteiger partial charge < -0.3 is 5.73 Å². The fourth-order valence-electron chi connectivity index (χ4n) is 1.03. The summed E-state index contributed by atoms with van der Waals surface area (Å²) in [5, 5.41) is 0. The number of amides is 1. The fraction of sp³-hybridized carbons (Fsp3) is 0.875. The first-order chi connectivity index (χ1) is 4.95. The van der Waals surface area contributed by atoms with Crippen LogP contribution < -0.4 is 5.73 Å². The molecule has 0 saturated heterocycles. The van der Waals surface area contributed by atoms with E-state index in [-0.39, 0.29) is 11.9 Å². The Morgan fingerprint density at radius 2 is 1.91 bits per heavy atom. The van der Waals surface area contributed by atoms with Gasteiger partial charge in [-0.3, -0.25) is 9.69 Å². The van der Waals surface area contributed by atoms with Crippen molar-refractivity contribution in [1.82, 2.24) is 4.90 Å². The Morgan fingerprint density at radius 3 is 2.00 bits per heavy atom. The number of nitrogens with two attached hydrogens (primary N) is 1. The largest absolute Gasteiger partial charge is 0.368 e. The predicted molar refractivity (Wildman–Crippen MR) is 46.1 cm³/mol. The number of primary amides is 1. The molecule has 3 nitrogen and oxygen atoms in total. The summed E-state index contributed by atoms with van der Waals surface area (Å²) in [4.78, 5) is 12.7. The number of likely N-dealkylation sites (N-methyl/N-ethyl adjacent to an activating group) is 1. The molecule has 1 atom stereocenters. The first-order valence-electron chi connectivity index (χ1n) is 3.91. The topological polar surface area (TPSA) is 46.3 Å². The number of hydrogen-bond donors (Lipinski definition) is 1. The van der Waals surface area contributed by atoms with Gasteiger partial charge >= 0.3 is 0 Å². The third-order valence-corrected chi connectivity index (χ3v) is 1.65. The van der Waals surface area contributed by atoms with Crippen LogP contribution in [0.15, 0.2) is 0 Å². The Balaban J connectivity index is 4.01. The van der Waals surface area contributed by atoms with Gasteiger partial charge in [0.05, 0.1) is 6.04 Å². The van der Waals surface area contributed by atoms with Crippen molar-refractivity contribution in [2.24, 2.45) is 11.7 Å². The van der Waals surface area contributed by atoms with Crippen molar-refractivity contribution in [3.8, 4) is 0 Å². The van der Waals surface area contributed by atoms with Crippen molar-refractivity contribution in [2.45, 2.75) is 26.3 Å². The van der Waals surface area contributed by atoms with Gasteiger partial charge in [0.15, 0.2) is 0 Å². The van der Waals surface area contributed by atoms with Gasteiger partial charge in [0.2, 0.25) is 5.91 Å². The van der Waals surface area contributed by atoms with E-state index in [1.165, 1.54) is 0 Å². The highest BCUT2D eigenvalue weighted by atomic mass is 16.1. The lowest BCUT2D eigenvalue weighted by molar-refractivity contribution is -0.122. The van der Waals surface area contributed by atoms with Crippen LogP contribution >= 0.6 is 0 Å². The molecule has 66 valence electrons. The lowest BCUT2D eigenvalue weighted by Crippen LogP contribution is -2.41. The zero-order valence-electron chi connectivity index (χ0n) is 7.79. The van der Waals surface area contributed by atoms with Crippen molar-refractivity contribution in [1.29, 1.82) is 0 Å². The molecule has 0 aromatic heterocycles. The smallest absolute Gasteiger partial charge is 0.234 e. The molecule has 0 aliphatic heterocycles. The minimum atomic E-state index is -0.233. The number of rotatable bonds is 4. The first-order valence-corrected chi connectivity index (χ1v) is 3.91. The molecule has 0 bridgehead atoms. The van der Waals surface area contributed by atoms with Crippen LogP contribution in [0.2, 0.25) is 0 Å². The highest BCUT2D eigenvalue weighted by molar-refractivity contribution is 5.79. The molecule has 0 radical (unpaired) electrons. The van der Waals surface area contributed by atoms with Gasteiger partial charge in [-0.05, 0) is 26.4 Å². The van der Waals surface area contributed by atoms with Crippen LogP contribution in [0.1, 0.15) is 20.3 Å². The van der Waals surface area contributed by atoms with E-state index in [2.05, 4.69) is 13.8 Å². The van der Waals surface area contributed by atoms with Crippen LogP contribution in [0, 0.1) is 5.92 Å². The summed E-state index contributed by atoms with van der Waals surface area (Å²) < 4.78 is 0. The number of carbonyl (C=O) groups is 1. The SMILES string of the molecule is CC(C)C[C@H](C(N)=O)N(C)C. The van der Waals surface area contributed by atoms with Gasteiger partial charge in [-0.1, -0.05) is 13.8 Å². The Kier molecular flexibility index (Phi) is 4.11. The lowest BCUT2D eigenvalue weighted by Gasteiger charge is -2.22. The molecule has 0 fully saturated rings. The fourth-order valence-corrected chi connectivity index (χ4v) is 1.03. The molecular formula is C8H18N2O. The van der Waals surface area contributed by atoms with Crippen LogP contribution in [-0.2, 0) is 4.79 Å². The zero-order valence-corrected chi connectivity index (χ0v) is 7.79. The highest BCUT2D eigenvalue weighted by Gasteiger charge is 2.18. The number of nitrogens with zero attached hydrogens (tertiary/aromatic N) is 1. The van der Waals surface area contributed by atoms with E-state index in [0.29, 0.717) is 5.92 Å². The molecule has 0 rings (SSSR count). The maximum atomic E-state index is 10.9. The molecule has 1 amide bonds. The summed E-state index contributed by atoms with van der Waals surface area (Å²) in [6, 6.07) is -0.116. The molecule has 11 heavy (non-hydrogen) atoms. The molecule has 2 N–H and O–H groups in total. The molecule has 0 aliphatic carbocycles. The molecule has 0 saturated carbocycles. The maximum absolute atomic E-state index is 10.9. The first kappa shape index (κ1) is 10.4. The van der Waals surface area contributed by atoms with Crippen molar-refractivity contribution < 1.29 is 4.79 Å². The van der Waals surface area contributed by atoms with Crippen molar-refractivity contribution in [3.05, 3.63) is 0 Å². The van der Waals surface area contributed by atoms with E-state index in [1.54, 1.807) is 0 Å². The monoisotopic (exact) mass is 158 g/mol. The van der Waals surface area contributed by atoms with Gasteiger partial charge in [-0.2, -0.15) is 0 Å². The molecule has 0 unspecified atom stereocenters. The highest BCUT2D eigenvalue weighted by Crippen LogP contribution is 2.07. The van der Waals surface area contributed by atoms with E-state index >= 15 is 0 Å². The summed E-state index contributed by atoms with van der Waals surface area (Å²) >= 11 is 0. The minimum absolute atomic E-state index is 0.116. The van der Waals surface area contributed by atoms with Crippen LogP contribution in [-0.4, -0.2) is 30.9 Å². The van der Waals surface area contributed by atoms with Crippen molar-refractivity contribution >= 4 is 5.91 Å². The molecule has 0 spiro atoms. The van der Waals surface area contributed by atoms with Crippen LogP contribution in [0.3, 0.4) is 0 Å². The van der Waals surface area contributed by atoms with E-state index in [9.17, 15) is 4.79 Å². The zero-order chi connectivity index (χ0) is 9.02. The standard InChI is InChI=1S/C8H18N2O/c1-6(2)5-7(8(9)11)10(3)4/h6-7H,5H2,1-4H3,(H2,9,11)/t7-/m1/s1. The van der Waals surface area contributed by atoms with E-state index < -0.39 is 0 Å². The van der Waals surface area contributed by atoms with Crippen molar-refractivity contribution in [3.63, 3.8) is 0 Å². The second kappa shape index (κ2) is 4.34. The Bertz CT molecular complexity index is 132. The molecule has 0 aromatic rings. The van der Waals surface area contributed by atoms with Crippen LogP contribution in [0.25, 0.3) is 0 Å². The third-order valence-electron chi connectivity index (χ3n) is 1.65. The van der Waals surface area contributed by atoms with Crippen LogP contribution in [0.5, 0.6) is 0 Å². The van der Waals surface area contributed by atoms with E-state index in [0.717, 1.165) is 6.42 Å². The number of hydrogen-bond acceptors (Lipinski definition) is 2. The molecule has 0 aromatic carbocycles. The maximum Gasteiger partial charge on any atom is 0.234 e. The van der Waals surface area contributed by atoms with Crippen molar-refractivity contribution in [2.75, 3.05) is 14.1 Å². The molecular weight excluding hydrogens is 140 g/mol. The van der Waals surface area contributed by atoms with Gasteiger partial charge in [-0.25, -0.2) is 0 Å². The Morgan fingerprint density at radius 1 is 1.45 bits per heavy atom.